The van der Waals surface area contributed by atoms with Crippen LogP contribution in [0.2, 0.25) is 0 Å². The molecule has 7 nitrogen and oxygen atoms in total. The number of ether oxygens (including phenoxy) is 1. The molecule has 2 atom stereocenters. The first kappa shape index (κ1) is 19.1. The van der Waals surface area contributed by atoms with Gasteiger partial charge in [0.05, 0.1) is 17.1 Å². The summed E-state index contributed by atoms with van der Waals surface area (Å²) in [7, 11) is 0. The monoisotopic (exact) mass is 342 g/mol. The second-order valence-electron chi connectivity index (χ2n) is 6.00. The van der Waals surface area contributed by atoms with E-state index in [4.69, 9.17) is 9.84 Å². The zero-order valence-corrected chi connectivity index (χ0v) is 14.4. The van der Waals surface area contributed by atoms with Crippen LogP contribution in [-0.4, -0.2) is 47.2 Å². The van der Waals surface area contributed by atoms with Gasteiger partial charge in [0.15, 0.2) is 0 Å². The van der Waals surface area contributed by atoms with Crippen LogP contribution in [0, 0.1) is 0 Å². The lowest BCUT2D eigenvalue weighted by molar-refractivity contribution is -0.142. The molecule has 1 aromatic heterocycles. The summed E-state index contributed by atoms with van der Waals surface area (Å²) in [6, 6.07) is 1.33. The van der Waals surface area contributed by atoms with E-state index in [-0.39, 0.29) is 6.61 Å². The summed E-state index contributed by atoms with van der Waals surface area (Å²) in [6.45, 7) is 6.76. The van der Waals surface area contributed by atoms with E-state index in [1.165, 1.54) is 18.3 Å². The van der Waals surface area contributed by atoms with Crippen LogP contribution in [-0.2, 0) is 14.3 Å². The Balaban J connectivity index is 2.77. The molecule has 23 heavy (non-hydrogen) atoms. The summed E-state index contributed by atoms with van der Waals surface area (Å²) in [6.07, 6.45) is 0. The van der Waals surface area contributed by atoms with E-state index in [0.717, 1.165) is 0 Å². The van der Waals surface area contributed by atoms with Gasteiger partial charge in [-0.1, -0.05) is 6.07 Å². The van der Waals surface area contributed by atoms with Crippen molar-refractivity contribution in [2.24, 2.45) is 0 Å². The topological polar surface area (TPSA) is 105 Å². The molecule has 0 aliphatic carbocycles. The molecule has 0 aliphatic heterocycles. The molecule has 0 radical (unpaired) electrons. The Hall–Kier alpha value is -1.93. The Morgan fingerprint density at radius 1 is 1.30 bits per heavy atom. The molecular formula is C15H22N2O5S. The molecule has 1 heterocycles. The van der Waals surface area contributed by atoms with E-state index in [1.54, 1.807) is 17.5 Å². The second kappa shape index (κ2) is 8.07. The Morgan fingerprint density at radius 3 is 2.43 bits per heavy atom. The van der Waals surface area contributed by atoms with Gasteiger partial charge in [-0.2, -0.15) is 0 Å². The molecule has 2 amide bonds. The molecule has 0 unspecified atom stereocenters. The van der Waals surface area contributed by atoms with Gasteiger partial charge in [0.2, 0.25) is 5.91 Å². The van der Waals surface area contributed by atoms with Gasteiger partial charge < -0.3 is 20.5 Å². The van der Waals surface area contributed by atoms with E-state index in [9.17, 15) is 14.4 Å². The van der Waals surface area contributed by atoms with Crippen LogP contribution in [0.25, 0.3) is 0 Å². The van der Waals surface area contributed by atoms with E-state index < -0.39 is 35.5 Å². The number of thiophene rings is 1. The molecule has 0 aliphatic rings. The predicted octanol–water partition coefficient (Wildman–Crippen LogP) is 1.25. The van der Waals surface area contributed by atoms with E-state index in [1.807, 2.05) is 20.8 Å². The minimum absolute atomic E-state index is 0.0568. The van der Waals surface area contributed by atoms with Gasteiger partial charge in [-0.05, 0) is 39.1 Å². The van der Waals surface area contributed by atoms with Crippen molar-refractivity contribution in [3.05, 3.63) is 22.4 Å². The molecule has 128 valence electrons. The summed E-state index contributed by atoms with van der Waals surface area (Å²) in [5, 5.41) is 15.5. The number of carboxylic acids is 1. The van der Waals surface area contributed by atoms with Crippen molar-refractivity contribution < 1.29 is 24.2 Å². The van der Waals surface area contributed by atoms with Crippen molar-refractivity contribution in [1.29, 1.82) is 0 Å². The van der Waals surface area contributed by atoms with Gasteiger partial charge in [0.1, 0.15) is 12.1 Å². The number of carbonyl (C=O) groups is 3. The van der Waals surface area contributed by atoms with Gasteiger partial charge in [0, 0.05) is 0 Å². The Kier molecular flexibility index (Phi) is 6.71. The number of nitrogens with one attached hydrogen (secondary N) is 2. The fourth-order valence-electron chi connectivity index (χ4n) is 1.53. The minimum Gasteiger partial charge on any atom is -0.480 e. The van der Waals surface area contributed by atoms with Crippen LogP contribution < -0.4 is 10.6 Å². The number of hydrogen-bond donors (Lipinski definition) is 3. The fraction of sp³-hybridized carbons (Fsp3) is 0.533. The molecule has 3 N–H and O–H groups in total. The van der Waals surface area contributed by atoms with Gasteiger partial charge in [0.25, 0.3) is 5.91 Å². The van der Waals surface area contributed by atoms with Crippen LogP contribution in [0.1, 0.15) is 37.4 Å². The van der Waals surface area contributed by atoms with E-state index in [2.05, 4.69) is 10.6 Å². The van der Waals surface area contributed by atoms with Crippen LogP contribution in [0.15, 0.2) is 17.5 Å². The highest BCUT2D eigenvalue weighted by molar-refractivity contribution is 7.12. The molecule has 1 aromatic rings. The van der Waals surface area contributed by atoms with Crippen LogP contribution in [0.4, 0.5) is 0 Å². The van der Waals surface area contributed by atoms with Gasteiger partial charge >= 0.3 is 5.97 Å². The number of amides is 2. The fourth-order valence-corrected chi connectivity index (χ4v) is 2.16. The third kappa shape index (κ3) is 6.79. The Bertz CT molecular complexity index is 551. The molecule has 0 saturated heterocycles. The van der Waals surface area contributed by atoms with Gasteiger partial charge in [-0.3, -0.25) is 14.4 Å². The number of aliphatic carboxylic acids is 1. The number of hydrogen-bond acceptors (Lipinski definition) is 5. The second-order valence-corrected chi connectivity index (χ2v) is 6.94. The van der Waals surface area contributed by atoms with E-state index >= 15 is 0 Å². The summed E-state index contributed by atoms with van der Waals surface area (Å²) in [5.74, 6) is -2.16. The number of carboxylic acid groups (broad SMARTS) is 1. The largest absolute Gasteiger partial charge is 0.480 e. The van der Waals surface area contributed by atoms with Crippen LogP contribution in [0.5, 0.6) is 0 Å². The molecule has 1 rings (SSSR count). The average molecular weight is 342 g/mol. The van der Waals surface area contributed by atoms with Crippen molar-refractivity contribution in [3.8, 4) is 0 Å². The highest BCUT2D eigenvalue weighted by atomic mass is 32.1. The van der Waals surface area contributed by atoms with E-state index in [0.29, 0.717) is 4.88 Å². The lowest BCUT2D eigenvalue weighted by Gasteiger charge is -2.25. The summed E-state index contributed by atoms with van der Waals surface area (Å²) >= 11 is 1.25. The van der Waals surface area contributed by atoms with Crippen LogP contribution in [0.3, 0.4) is 0 Å². The first-order valence-electron chi connectivity index (χ1n) is 7.11. The van der Waals surface area contributed by atoms with Crippen molar-refractivity contribution in [2.75, 3.05) is 6.61 Å². The SMILES string of the molecule is C[C@H](NC(=O)[C@@H](COC(C)(C)C)NC(=O)c1cccs1)C(=O)O. The molecule has 0 fully saturated rings. The average Bonchev–Trinajstić information content (AvgIpc) is 2.95. The summed E-state index contributed by atoms with van der Waals surface area (Å²) in [4.78, 5) is 35.6. The zero-order valence-electron chi connectivity index (χ0n) is 13.6. The molecule has 0 saturated carbocycles. The molecular weight excluding hydrogens is 320 g/mol. The summed E-state index contributed by atoms with van der Waals surface area (Å²) in [5.41, 5.74) is -0.495. The molecule has 0 bridgehead atoms. The lowest BCUT2D eigenvalue weighted by Crippen LogP contribution is -2.53. The predicted molar refractivity (Wildman–Crippen MR) is 86.5 cm³/mol. The third-order valence-corrected chi connectivity index (χ3v) is 3.65. The number of rotatable bonds is 7. The first-order chi connectivity index (χ1) is 10.6. The lowest BCUT2D eigenvalue weighted by atomic mass is 10.2. The zero-order chi connectivity index (χ0) is 17.6. The van der Waals surface area contributed by atoms with Crippen molar-refractivity contribution >= 4 is 29.1 Å². The third-order valence-electron chi connectivity index (χ3n) is 2.78. The van der Waals surface area contributed by atoms with Crippen molar-refractivity contribution in [3.63, 3.8) is 0 Å². The van der Waals surface area contributed by atoms with Gasteiger partial charge in [-0.25, -0.2) is 0 Å². The Morgan fingerprint density at radius 2 is 1.96 bits per heavy atom. The smallest absolute Gasteiger partial charge is 0.325 e. The highest BCUT2D eigenvalue weighted by Crippen LogP contribution is 2.10. The van der Waals surface area contributed by atoms with Crippen LogP contribution >= 0.6 is 11.3 Å². The van der Waals surface area contributed by atoms with Crippen molar-refractivity contribution in [1.82, 2.24) is 10.6 Å². The minimum atomic E-state index is -1.15. The molecule has 8 heteroatoms. The van der Waals surface area contributed by atoms with Crippen molar-refractivity contribution in [2.45, 2.75) is 45.4 Å². The van der Waals surface area contributed by atoms with Gasteiger partial charge in [-0.15, -0.1) is 11.3 Å². The number of carbonyl (C=O) groups excluding carboxylic acids is 2. The summed E-state index contributed by atoms with van der Waals surface area (Å²) < 4.78 is 5.55. The highest BCUT2D eigenvalue weighted by Gasteiger charge is 2.26. The molecule has 0 aromatic carbocycles. The standard InChI is InChI=1S/C15H22N2O5S/c1-9(14(20)21)16-12(18)10(8-22-15(2,3)4)17-13(19)11-6-5-7-23-11/h5-7,9-10H,8H2,1-4H3,(H,16,18)(H,17,19)(H,20,21)/t9-,10+/m0/s1. The Labute approximate surface area is 139 Å². The first-order valence-corrected chi connectivity index (χ1v) is 7.99. The quantitative estimate of drug-likeness (QED) is 0.692. The normalized spacial score (nSPS) is 13.9. The maximum Gasteiger partial charge on any atom is 0.325 e. The molecule has 0 spiro atoms. The maximum atomic E-state index is 12.2. The maximum absolute atomic E-state index is 12.2.